The van der Waals surface area contributed by atoms with Crippen LogP contribution >= 0.6 is 15.9 Å². The van der Waals surface area contributed by atoms with Gasteiger partial charge in [0.05, 0.1) is 12.8 Å². The Hall–Kier alpha value is -3.58. The van der Waals surface area contributed by atoms with Gasteiger partial charge < -0.3 is 14.8 Å². The predicted octanol–water partition coefficient (Wildman–Crippen LogP) is 5.61. The Morgan fingerprint density at radius 1 is 0.969 bits per heavy atom. The van der Waals surface area contributed by atoms with Crippen molar-refractivity contribution in [3.8, 4) is 11.5 Å². The van der Waals surface area contributed by atoms with Gasteiger partial charge in [0.2, 0.25) is 5.95 Å². The van der Waals surface area contributed by atoms with Gasteiger partial charge >= 0.3 is 0 Å². The molecule has 0 radical (unpaired) electrons. The molecule has 158 valence electrons. The number of benzene rings is 3. The molecule has 6 nitrogen and oxygen atoms in total. The van der Waals surface area contributed by atoms with Crippen LogP contribution in [0.2, 0.25) is 0 Å². The Labute approximate surface area is 193 Å². The van der Waals surface area contributed by atoms with E-state index in [2.05, 4.69) is 61.7 Å². The van der Waals surface area contributed by atoms with E-state index in [4.69, 9.17) is 9.47 Å². The highest BCUT2D eigenvalue weighted by molar-refractivity contribution is 9.10. The zero-order valence-corrected chi connectivity index (χ0v) is 18.8. The van der Waals surface area contributed by atoms with Crippen LogP contribution in [0.15, 0.2) is 89.2 Å². The molecule has 1 N–H and O–H groups in total. The summed E-state index contributed by atoms with van der Waals surface area (Å²) in [7, 11) is 1.67. The van der Waals surface area contributed by atoms with Crippen LogP contribution in [0.25, 0.3) is 5.70 Å². The highest BCUT2D eigenvalue weighted by atomic mass is 79.9. The van der Waals surface area contributed by atoms with E-state index in [1.54, 1.807) is 13.4 Å². The molecule has 0 fully saturated rings. The van der Waals surface area contributed by atoms with E-state index in [1.165, 1.54) is 0 Å². The van der Waals surface area contributed by atoms with Crippen molar-refractivity contribution < 1.29 is 9.47 Å². The molecule has 0 saturated heterocycles. The fourth-order valence-corrected chi connectivity index (χ4v) is 4.70. The summed E-state index contributed by atoms with van der Waals surface area (Å²) in [5.74, 6) is 2.35. The van der Waals surface area contributed by atoms with Gasteiger partial charge in [-0.3, -0.25) is 0 Å². The molecule has 0 bridgehead atoms. The number of nitrogens with one attached hydrogen (secondary N) is 1. The Bertz CT molecular complexity index is 1330. The summed E-state index contributed by atoms with van der Waals surface area (Å²) in [6.45, 7) is 0. The van der Waals surface area contributed by atoms with Crippen LogP contribution in [0, 0.1) is 0 Å². The van der Waals surface area contributed by atoms with Crippen LogP contribution in [-0.4, -0.2) is 21.9 Å². The summed E-state index contributed by atoms with van der Waals surface area (Å²) >= 11 is 3.55. The minimum absolute atomic E-state index is 0.169. The Morgan fingerprint density at radius 3 is 2.50 bits per heavy atom. The van der Waals surface area contributed by atoms with Crippen LogP contribution < -0.4 is 14.8 Å². The summed E-state index contributed by atoms with van der Waals surface area (Å²) < 4.78 is 14.9. The van der Waals surface area contributed by atoms with Crippen molar-refractivity contribution in [2.75, 3.05) is 12.4 Å². The maximum absolute atomic E-state index is 6.62. The number of fused-ring (bicyclic) bond motifs is 3. The first-order valence-corrected chi connectivity index (χ1v) is 11.1. The van der Waals surface area contributed by atoms with Gasteiger partial charge in [0, 0.05) is 15.6 Å². The molecule has 3 heterocycles. The number of halogens is 1. The van der Waals surface area contributed by atoms with Crippen molar-refractivity contribution in [2.24, 2.45) is 0 Å². The molecule has 0 amide bonds. The number of rotatable bonds is 3. The first-order valence-electron chi connectivity index (χ1n) is 10.3. The number of nitrogens with zero attached hydrogens (tertiary/aromatic N) is 3. The van der Waals surface area contributed by atoms with Gasteiger partial charge in [-0.2, -0.15) is 10.1 Å². The fraction of sp³-hybridized carbons (Fsp3) is 0.120. The van der Waals surface area contributed by atoms with Crippen molar-refractivity contribution in [2.45, 2.75) is 12.1 Å². The van der Waals surface area contributed by atoms with Crippen molar-refractivity contribution >= 4 is 27.6 Å². The van der Waals surface area contributed by atoms with Gasteiger partial charge in [-0.15, -0.1) is 0 Å². The third kappa shape index (κ3) is 3.00. The Kier molecular flexibility index (Phi) is 4.50. The van der Waals surface area contributed by atoms with E-state index in [1.807, 2.05) is 47.1 Å². The third-order valence-electron chi connectivity index (χ3n) is 5.93. The second-order valence-electron chi connectivity index (χ2n) is 7.70. The lowest BCUT2D eigenvalue weighted by molar-refractivity contribution is 0.223. The summed E-state index contributed by atoms with van der Waals surface area (Å²) in [5.41, 5.74) is 5.27. The number of ether oxygens (including phenoxy) is 2. The van der Waals surface area contributed by atoms with Crippen LogP contribution in [0.5, 0.6) is 11.5 Å². The van der Waals surface area contributed by atoms with E-state index in [0.717, 1.165) is 43.9 Å². The monoisotopic (exact) mass is 486 g/mol. The lowest BCUT2D eigenvalue weighted by Gasteiger charge is -2.39. The highest BCUT2D eigenvalue weighted by Crippen LogP contribution is 2.50. The zero-order valence-electron chi connectivity index (χ0n) is 17.2. The molecule has 0 aliphatic carbocycles. The summed E-state index contributed by atoms with van der Waals surface area (Å²) in [6.07, 6.45) is 1.28. The van der Waals surface area contributed by atoms with Gasteiger partial charge in [-0.25, -0.2) is 4.68 Å². The van der Waals surface area contributed by atoms with Crippen molar-refractivity contribution in [3.63, 3.8) is 0 Å². The predicted molar refractivity (Wildman–Crippen MR) is 126 cm³/mol. The van der Waals surface area contributed by atoms with Gasteiger partial charge in [0.15, 0.2) is 0 Å². The van der Waals surface area contributed by atoms with Crippen LogP contribution in [-0.2, 0) is 0 Å². The van der Waals surface area contributed by atoms with Crippen LogP contribution in [0.1, 0.15) is 28.8 Å². The third-order valence-corrected chi connectivity index (χ3v) is 6.45. The van der Waals surface area contributed by atoms with Gasteiger partial charge in [-0.1, -0.05) is 52.3 Å². The van der Waals surface area contributed by atoms with Gasteiger partial charge in [-0.05, 0) is 47.5 Å². The first-order chi connectivity index (χ1) is 15.7. The average Bonchev–Trinajstić information content (AvgIpc) is 3.31. The quantitative estimate of drug-likeness (QED) is 0.407. The normalized spacial score (nSPS) is 18.7. The second kappa shape index (κ2) is 7.53. The summed E-state index contributed by atoms with van der Waals surface area (Å²) in [5, 5.41) is 8.08. The van der Waals surface area contributed by atoms with Crippen molar-refractivity contribution in [1.29, 1.82) is 0 Å². The lowest BCUT2D eigenvalue weighted by atomic mass is 9.84. The fourth-order valence-electron chi connectivity index (χ4n) is 4.44. The standard InChI is InChI=1S/C25H19BrN4O2/c1-31-18-12-8-16(9-13-18)24-21-22(19-4-2-3-5-20(19)32-24)29-25-27-14-28-30(25)23(21)15-6-10-17(26)11-7-15/h2-14,23-24H,1H3,(H,27,28,29)/t23-,24+/m0/s1. The number of anilines is 1. The average molecular weight is 487 g/mol. The Balaban J connectivity index is 1.60. The molecular formula is C25H19BrN4O2. The molecule has 32 heavy (non-hydrogen) atoms. The number of para-hydroxylation sites is 1. The largest absolute Gasteiger partial charge is 0.497 e. The summed E-state index contributed by atoms with van der Waals surface area (Å²) in [6, 6.07) is 24.3. The second-order valence-corrected chi connectivity index (χ2v) is 8.62. The molecule has 1 aromatic heterocycles. The van der Waals surface area contributed by atoms with E-state index in [9.17, 15) is 0 Å². The molecule has 2 aliphatic rings. The molecule has 0 saturated carbocycles. The highest BCUT2D eigenvalue weighted by Gasteiger charge is 2.40. The van der Waals surface area contributed by atoms with Crippen molar-refractivity contribution in [1.82, 2.24) is 14.8 Å². The molecule has 0 unspecified atom stereocenters. The van der Waals surface area contributed by atoms with Crippen LogP contribution in [0.3, 0.4) is 0 Å². The molecule has 6 rings (SSSR count). The van der Waals surface area contributed by atoms with Gasteiger partial charge in [0.25, 0.3) is 0 Å². The number of hydrogen-bond donors (Lipinski definition) is 1. The van der Waals surface area contributed by atoms with Gasteiger partial charge in [0.1, 0.15) is 30.0 Å². The number of aromatic nitrogens is 3. The maximum Gasteiger partial charge on any atom is 0.226 e. The molecule has 3 aromatic carbocycles. The molecule has 2 atom stereocenters. The first kappa shape index (κ1) is 19.1. The van der Waals surface area contributed by atoms with E-state index >= 15 is 0 Å². The van der Waals surface area contributed by atoms with Crippen LogP contribution in [0.4, 0.5) is 5.95 Å². The number of methoxy groups -OCH3 is 1. The SMILES string of the molecule is COc1ccc([C@H]2Oc3ccccc3C3=C2[C@H](c2ccc(Br)cc2)n2ncnc2N3)cc1. The number of hydrogen-bond acceptors (Lipinski definition) is 5. The smallest absolute Gasteiger partial charge is 0.226 e. The zero-order chi connectivity index (χ0) is 21.7. The molecular weight excluding hydrogens is 468 g/mol. The molecule has 0 spiro atoms. The molecule has 7 heteroatoms. The van der Waals surface area contributed by atoms with E-state index < -0.39 is 0 Å². The van der Waals surface area contributed by atoms with Crippen molar-refractivity contribution in [3.05, 3.63) is 106 Å². The summed E-state index contributed by atoms with van der Waals surface area (Å²) in [4.78, 5) is 4.47. The molecule has 4 aromatic rings. The van der Waals surface area contributed by atoms with E-state index in [-0.39, 0.29) is 12.1 Å². The topological polar surface area (TPSA) is 61.2 Å². The molecule has 2 aliphatic heterocycles. The maximum atomic E-state index is 6.62. The minimum atomic E-state index is -0.302. The lowest BCUT2D eigenvalue weighted by Crippen LogP contribution is -2.32. The minimum Gasteiger partial charge on any atom is -0.497 e. The Morgan fingerprint density at radius 2 is 1.72 bits per heavy atom. The van der Waals surface area contributed by atoms with E-state index in [0.29, 0.717) is 5.95 Å².